The second-order valence-electron chi connectivity index (χ2n) is 4.63. The van der Waals surface area contributed by atoms with E-state index in [0.717, 1.165) is 0 Å². The number of piperidine rings is 1. The van der Waals surface area contributed by atoms with E-state index < -0.39 is 18.0 Å². The molecular formula is C12H11Br2F3N2O. The fourth-order valence-electron chi connectivity index (χ4n) is 2.20. The number of carbonyl (C=O) groups is 1. The van der Waals surface area contributed by atoms with Gasteiger partial charge in [-0.1, -0.05) is 0 Å². The van der Waals surface area contributed by atoms with Crippen LogP contribution in [0.4, 0.5) is 13.2 Å². The zero-order valence-electron chi connectivity index (χ0n) is 10.3. The second-order valence-corrected chi connectivity index (χ2v) is 6.26. The zero-order chi connectivity index (χ0) is 14.9. The number of halogens is 5. The summed E-state index contributed by atoms with van der Waals surface area (Å²) in [6, 6.07) is 3.01. The van der Waals surface area contributed by atoms with Gasteiger partial charge in [0, 0.05) is 18.7 Å². The molecular weight excluding hydrogens is 405 g/mol. The van der Waals surface area contributed by atoms with Gasteiger partial charge in [0.25, 0.3) is 5.91 Å². The first-order chi connectivity index (χ1) is 9.27. The number of amides is 1. The number of alkyl halides is 3. The van der Waals surface area contributed by atoms with Gasteiger partial charge in [-0.05, 0) is 56.8 Å². The number of carbonyl (C=O) groups excluding carboxylic acids is 1. The standard InChI is InChI=1S/C12H11Br2F3N2O/c13-9-4-7(5-10(14)18-9)11(20)19-3-1-2-8(6-19)12(15,16)17/h4-5,8H,1-3,6H2. The highest BCUT2D eigenvalue weighted by molar-refractivity contribution is 9.11. The molecule has 1 amide bonds. The molecule has 1 saturated heterocycles. The van der Waals surface area contributed by atoms with E-state index in [1.165, 1.54) is 17.0 Å². The second kappa shape index (κ2) is 6.01. The number of pyridine rings is 1. The lowest BCUT2D eigenvalue weighted by Gasteiger charge is -2.33. The Labute approximate surface area is 130 Å². The SMILES string of the molecule is O=C(c1cc(Br)nc(Br)c1)N1CCCC(C(F)(F)F)C1. The third-order valence-electron chi connectivity index (χ3n) is 3.18. The van der Waals surface area contributed by atoms with Gasteiger partial charge in [0.1, 0.15) is 9.21 Å². The van der Waals surface area contributed by atoms with Gasteiger partial charge in [-0.25, -0.2) is 4.98 Å². The predicted octanol–water partition coefficient (Wildman–Crippen LogP) is 4.02. The van der Waals surface area contributed by atoms with E-state index in [4.69, 9.17) is 0 Å². The van der Waals surface area contributed by atoms with Gasteiger partial charge < -0.3 is 4.90 Å². The van der Waals surface area contributed by atoms with Crippen LogP contribution in [-0.4, -0.2) is 35.1 Å². The summed E-state index contributed by atoms with van der Waals surface area (Å²) < 4.78 is 39.2. The van der Waals surface area contributed by atoms with Crippen LogP contribution in [0.3, 0.4) is 0 Å². The van der Waals surface area contributed by atoms with Gasteiger partial charge in [-0.3, -0.25) is 4.79 Å². The summed E-state index contributed by atoms with van der Waals surface area (Å²) in [6.07, 6.45) is -3.81. The van der Waals surface area contributed by atoms with E-state index in [9.17, 15) is 18.0 Å². The largest absolute Gasteiger partial charge is 0.393 e. The summed E-state index contributed by atoms with van der Waals surface area (Å²) in [6.45, 7) is 0.0723. The third-order valence-corrected chi connectivity index (χ3v) is 3.99. The lowest BCUT2D eigenvalue weighted by atomic mass is 9.97. The molecule has 1 aliphatic heterocycles. The minimum atomic E-state index is -4.25. The van der Waals surface area contributed by atoms with Crippen LogP contribution in [0.25, 0.3) is 0 Å². The Morgan fingerprint density at radius 3 is 2.45 bits per heavy atom. The van der Waals surface area contributed by atoms with Crippen LogP contribution in [0.15, 0.2) is 21.3 Å². The van der Waals surface area contributed by atoms with Crippen LogP contribution in [0.2, 0.25) is 0 Å². The van der Waals surface area contributed by atoms with Crippen molar-refractivity contribution in [3.8, 4) is 0 Å². The lowest BCUT2D eigenvalue weighted by molar-refractivity contribution is -0.184. The number of nitrogens with zero attached hydrogens (tertiary/aromatic N) is 2. The van der Waals surface area contributed by atoms with Crippen molar-refractivity contribution in [2.45, 2.75) is 19.0 Å². The predicted molar refractivity (Wildman–Crippen MR) is 74.3 cm³/mol. The molecule has 0 N–H and O–H groups in total. The first-order valence-electron chi connectivity index (χ1n) is 5.96. The number of aromatic nitrogens is 1. The molecule has 0 saturated carbocycles. The number of hydrogen-bond acceptors (Lipinski definition) is 2. The molecule has 0 radical (unpaired) electrons. The molecule has 1 atom stereocenters. The van der Waals surface area contributed by atoms with Crippen LogP contribution in [-0.2, 0) is 0 Å². The summed E-state index contributed by atoms with van der Waals surface area (Å²) >= 11 is 6.31. The lowest BCUT2D eigenvalue weighted by Crippen LogP contribution is -2.44. The summed E-state index contributed by atoms with van der Waals surface area (Å²) in [4.78, 5) is 17.5. The maximum atomic E-state index is 12.7. The van der Waals surface area contributed by atoms with Crippen molar-refractivity contribution in [3.63, 3.8) is 0 Å². The van der Waals surface area contributed by atoms with Gasteiger partial charge in [0.2, 0.25) is 0 Å². The number of hydrogen-bond donors (Lipinski definition) is 0. The van der Waals surface area contributed by atoms with Gasteiger partial charge in [0.15, 0.2) is 0 Å². The topological polar surface area (TPSA) is 33.2 Å². The fraction of sp³-hybridized carbons (Fsp3) is 0.500. The van der Waals surface area contributed by atoms with Crippen LogP contribution in [0, 0.1) is 5.92 Å². The number of rotatable bonds is 1. The van der Waals surface area contributed by atoms with Crippen molar-refractivity contribution < 1.29 is 18.0 Å². The van der Waals surface area contributed by atoms with Crippen molar-refractivity contribution in [1.29, 1.82) is 0 Å². The molecule has 0 aromatic carbocycles. The minimum Gasteiger partial charge on any atom is -0.338 e. The molecule has 8 heteroatoms. The van der Waals surface area contributed by atoms with Crippen LogP contribution >= 0.6 is 31.9 Å². The Kier molecular flexibility index (Phi) is 4.73. The van der Waals surface area contributed by atoms with Gasteiger partial charge in [0.05, 0.1) is 5.92 Å². The van der Waals surface area contributed by atoms with E-state index in [1.807, 2.05) is 0 Å². The summed E-state index contributed by atoms with van der Waals surface area (Å²) in [5.74, 6) is -1.84. The minimum absolute atomic E-state index is 0.0804. The maximum Gasteiger partial charge on any atom is 0.393 e. The Morgan fingerprint density at radius 2 is 1.90 bits per heavy atom. The van der Waals surface area contributed by atoms with Crippen LogP contribution in [0.5, 0.6) is 0 Å². The molecule has 1 aromatic rings. The van der Waals surface area contributed by atoms with Crippen molar-refractivity contribution in [1.82, 2.24) is 9.88 Å². The monoisotopic (exact) mass is 414 g/mol. The highest BCUT2D eigenvalue weighted by Gasteiger charge is 2.42. The van der Waals surface area contributed by atoms with Crippen molar-refractivity contribution in [2.24, 2.45) is 5.92 Å². The molecule has 1 unspecified atom stereocenters. The summed E-state index contributed by atoms with van der Waals surface area (Å²) in [5, 5.41) is 0. The quantitative estimate of drug-likeness (QED) is 0.649. The highest BCUT2D eigenvalue weighted by atomic mass is 79.9. The van der Waals surface area contributed by atoms with Crippen LogP contribution < -0.4 is 0 Å². The Balaban J connectivity index is 2.16. The first kappa shape index (κ1) is 15.8. The van der Waals surface area contributed by atoms with E-state index in [0.29, 0.717) is 27.7 Å². The third kappa shape index (κ3) is 3.72. The molecule has 1 fully saturated rings. The fourth-order valence-corrected chi connectivity index (χ4v) is 3.31. The first-order valence-corrected chi connectivity index (χ1v) is 7.55. The van der Waals surface area contributed by atoms with E-state index in [1.54, 1.807) is 0 Å². The molecule has 20 heavy (non-hydrogen) atoms. The van der Waals surface area contributed by atoms with Crippen molar-refractivity contribution in [2.75, 3.05) is 13.1 Å². The zero-order valence-corrected chi connectivity index (χ0v) is 13.4. The average Bonchev–Trinajstić information content (AvgIpc) is 2.36. The van der Waals surface area contributed by atoms with Gasteiger partial charge in [-0.2, -0.15) is 13.2 Å². The Hall–Kier alpha value is -0.630. The van der Waals surface area contributed by atoms with E-state index in [-0.39, 0.29) is 13.0 Å². The van der Waals surface area contributed by atoms with Gasteiger partial charge >= 0.3 is 6.18 Å². The van der Waals surface area contributed by atoms with Crippen molar-refractivity contribution in [3.05, 3.63) is 26.9 Å². The van der Waals surface area contributed by atoms with Gasteiger partial charge in [-0.15, -0.1) is 0 Å². The molecule has 1 aromatic heterocycles. The highest BCUT2D eigenvalue weighted by Crippen LogP contribution is 2.33. The molecule has 0 aliphatic carbocycles. The summed E-state index contributed by atoms with van der Waals surface area (Å²) in [5.41, 5.74) is 0.321. The van der Waals surface area contributed by atoms with Crippen LogP contribution in [0.1, 0.15) is 23.2 Å². The maximum absolute atomic E-state index is 12.7. The van der Waals surface area contributed by atoms with Crippen molar-refractivity contribution >= 4 is 37.8 Å². The molecule has 2 heterocycles. The molecule has 0 bridgehead atoms. The molecule has 3 nitrogen and oxygen atoms in total. The normalized spacial score (nSPS) is 20.1. The average molecular weight is 416 g/mol. The number of likely N-dealkylation sites (tertiary alicyclic amines) is 1. The molecule has 1 aliphatic rings. The van der Waals surface area contributed by atoms with E-state index >= 15 is 0 Å². The van der Waals surface area contributed by atoms with E-state index in [2.05, 4.69) is 36.8 Å². The Bertz CT molecular complexity index is 502. The molecule has 110 valence electrons. The summed E-state index contributed by atoms with van der Waals surface area (Å²) in [7, 11) is 0. The Morgan fingerprint density at radius 1 is 1.30 bits per heavy atom. The smallest absolute Gasteiger partial charge is 0.338 e. The molecule has 2 rings (SSSR count). The molecule has 0 spiro atoms.